The van der Waals surface area contributed by atoms with Crippen molar-refractivity contribution in [1.82, 2.24) is 10.2 Å². The third-order valence-corrected chi connectivity index (χ3v) is 5.84. The summed E-state index contributed by atoms with van der Waals surface area (Å²) in [6.45, 7) is 0.493. The average Bonchev–Trinajstić information content (AvgIpc) is 2.87. The molecule has 0 saturated heterocycles. The maximum Gasteiger partial charge on any atom is 0.319 e. The first-order valence-electron chi connectivity index (χ1n) is 11.5. The van der Waals surface area contributed by atoms with E-state index in [0.29, 0.717) is 11.3 Å². The minimum atomic E-state index is -0.677. The molecule has 1 aliphatic heterocycles. The van der Waals surface area contributed by atoms with Gasteiger partial charge in [0, 0.05) is 18.3 Å². The van der Waals surface area contributed by atoms with Crippen molar-refractivity contribution < 1.29 is 18.4 Å². The summed E-state index contributed by atoms with van der Waals surface area (Å²) in [5.41, 5.74) is 8.95. The Hall–Kier alpha value is -4.78. The van der Waals surface area contributed by atoms with Gasteiger partial charge >= 0.3 is 6.03 Å². The predicted molar refractivity (Wildman–Crippen MR) is 134 cm³/mol. The quantitative estimate of drug-likeness (QED) is 0.454. The molecule has 0 fully saturated rings. The van der Waals surface area contributed by atoms with Gasteiger partial charge in [0.05, 0.1) is 30.6 Å². The summed E-state index contributed by atoms with van der Waals surface area (Å²) in [5.74, 6) is -1.53. The molecule has 4 N–H and O–H groups in total. The van der Waals surface area contributed by atoms with Gasteiger partial charge in [-0.05, 0) is 47.4 Å². The molecule has 3 amide bonds. The van der Waals surface area contributed by atoms with Gasteiger partial charge in [0.25, 0.3) is 0 Å². The number of nitrogens with one attached hydrogen (secondary N) is 2. The number of carbonyl (C=O) groups excluding carboxylic acids is 2. The van der Waals surface area contributed by atoms with Gasteiger partial charge in [0.15, 0.2) is 5.96 Å². The average molecular weight is 503 g/mol. The zero-order valence-electron chi connectivity index (χ0n) is 19.7. The van der Waals surface area contributed by atoms with Crippen LogP contribution < -0.4 is 16.4 Å². The van der Waals surface area contributed by atoms with Crippen molar-refractivity contribution in [2.75, 3.05) is 5.32 Å². The molecular formula is C27H24F2N6O2. The molecule has 3 aromatic rings. The second-order valence-corrected chi connectivity index (χ2v) is 8.58. The van der Waals surface area contributed by atoms with Gasteiger partial charge in [-0.25, -0.2) is 18.6 Å². The standard InChI is InChI=1S/C27H24F2N6O2/c28-21-9-8-20(24(29)12-21)11-23-13-25(36)35(26(31)33-23)16-18-6-4-17(5-7-18)15-32-27(37)34-22-3-1-2-19(10-22)14-30/h1-10,12,23H,11,13,15-16H2,(H2,31,33)(H2,32,34,37)/t23-/m0/s1. The number of amides is 3. The van der Waals surface area contributed by atoms with Gasteiger partial charge in [-0.3, -0.25) is 9.69 Å². The molecule has 0 aliphatic carbocycles. The van der Waals surface area contributed by atoms with E-state index < -0.39 is 23.7 Å². The fourth-order valence-corrected chi connectivity index (χ4v) is 3.94. The molecule has 188 valence electrons. The zero-order chi connectivity index (χ0) is 26.4. The fraction of sp³-hybridized carbons (Fsp3) is 0.185. The number of hydrogen-bond acceptors (Lipinski definition) is 5. The third-order valence-electron chi connectivity index (χ3n) is 5.84. The van der Waals surface area contributed by atoms with Crippen LogP contribution in [0.2, 0.25) is 0 Å². The van der Waals surface area contributed by atoms with Gasteiger partial charge in [0.2, 0.25) is 5.91 Å². The molecule has 1 atom stereocenters. The van der Waals surface area contributed by atoms with Crippen LogP contribution in [0, 0.1) is 23.0 Å². The topological polar surface area (TPSA) is 124 Å². The number of benzene rings is 3. The summed E-state index contributed by atoms with van der Waals surface area (Å²) in [5, 5.41) is 14.4. The SMILES string of the molecule is N#Cc1cccc(NC(=O)NCc2ccc(CN3C(=O)C[C@H](Cc4ccc(F)cc4F)N=C3N)cc2)c1. The van der Waals surface area contributed by atoms with E-state index in [2.05, 4.69) is 15.6 Å². The van der Waals surface area contributed by atoms with Crippen molar-refractivity contribution >= 4 is 23.6 Å². The molecule has 0 aromatic heterocycles. The van der Waals surface area contributed by atoms with Crippen molar-refractivity contribution in [3.8, 4) is 6.07 Å². The smallest absolute Gasteiger partial charge is 0.319 e. The van der Waals surface area contributed by atoms with Crippen LogP contribution in [0.4, 0.5) is 19.3 Å². The lowest BCUT2D eigenvalue weighted by Crippen LogP contribution is -2.47. The van der Waals surface area contributed by atoms with E-state index in [0.717, 1.165) is 17.2 Å². The van der Waals surface area contributed by atoms with E-state index in [1.807, 2.05) is 30.3 Å². The van der Waals surface area contributed by atoms with E-state index in [1.165, 1.54) is 17.0 Å². The molecule has 0 unspecified atom stereocenters. The summed E-state index contributed by atoms with van der Waals surface area (Å²) in [6, 6.07) is 18.3. The minimum absolute atomic E-state index is 0.0478. The van der Waals surface area contributed by atoms with Gasteiger partial charge < -0.3 is 16.4 Å². The van der Waals surface area contributed by atoms with Crippen molar-refractivity contribution in [1.29, 1.82) is 5.26 Å². The summed E-state index contributed by atoms with van der Waals surface area (Å²) in [6.07, 6.45) is 0.206. The van der Waals surface area contributed by atoms with E-state index in [4.69, 9.17) is 11.0 Å². The second kappa shape index (κ2) is 11.3. The highest BCUT2D eigenvalue weighted by Crippen LogP contribution is 2.20. The maximum atomic E-state index is 14.0. The van der Waals surface area contributed by atoms with E-state index in [9.17, 15) is 18.4 Å². The lowest BCUT2D eigenvalue weighted by Gasteiger charge is -2.29. The number of hydrogen-bond donors (Lipinski definition) is 3. The Morgan fingerprint density at radius 3 is 2.57 bits per heavy atom. The number of rotatable bonds is 7. The molecular weight excluding hydrogens is 478 g/mol. The van der Waals surface area contributed by atoms with Gasteiger partial charge in [-0.15, -0.1) is 0 Å². The Morgan fingerprint density at radius 2 is 1.86 bits per heavy atom. The molecule has 8 nitrogen and oxygen atoms in total. The first kappa shape index (κ1) is 25.3. The Labute approximate surface area is 212 Å². The molecule has 0 bridgehead atoms. The fourth-order valence-electron chi connectivity index (χ4n) is 3.94. The number of nitriles is 1. The number of urea groups is 1. The Morgan fingerprint density at radius 1 is 1.11 bits per heavy atom. The normalized spacial score (nSPS) is 15.1. The summed E-state index contributed by atoms with van der Waals surface area (Å²) in [4.78, 5) is 30.6. The lowest BCUT2D eigenvalue weighted by atomic mass is 10.0. The highest BCUT2D eigenvalue weighted by molar-refractivity contribution is 5.98. The monoisotopic (exact) mass is 502 g/mol. The van der Waals surface area contributed by atoms with Crippen LogP contribution in [0.5, 0.6) is 0 Å². The van der Waals surface area contributed by atoms with Crippen molar-refractivity contribution in [3.05, 3.63) is 101 Å². The van der Waals surface area contributed by atoms with Crippen LogP contribution >= 0.6 is 0 Å². The van der Waals surface area contributed by atoms with Crippen molar-refractivity contribution in [2.45, 2.75) is 32.0 Å². The summed E-state index contributed by atoms with van der Waals surface area (Å²) >= 11 is 0. The first-order valence-corrected chi connectivity index (χ1v) is 11.5. The Balaban J connectivity index is 1.30. The largest absolute Gasteiger partial charge is 0.369 e. The van der Waals surface area contributed by atoms with E-state index in [1.54, 1.807) is 24.3 Å². The highest BCUT2D eigenvalue weighted by Gasteiger charge is 2.28. The van der Waals surface area contributed by atoms with Crippen LogP contribution in [0.25, 0.3) is 0 Å². The first-order chi connectivity index (χ1) is 17.8. The maximum absolute atomic E-state index is 14.0. The highest BCUT2D eigenvalue weighted by atomic mass is 19.1. The number of anilines is 1. The van der Waals surface area contributed by atoms with Gasteiger partial charge in [0.1, 0.15) is 11.6 Å². The summed E-state index contributed by atoms with van der Waals surface area (Å²) in [7, 11) is 0. The van der Waals surface area contributed by atoms with E-state index in [-0.39, 0.29) is 43.4 Å². The number of guanidine groups is 1. The molecule has 0 radical (unpaired) electrons. The number of aliphatic imine (C=N–C) groups is 1. The molecule has 0 saturated carbocycles. The molecule has 1 heterocycles. The molecule has 10 heteroatoms. The van der Waals surface area contributed by atoms with Crippen LogP contribution in [-0.2, 0) is 24.3 Å². The molecule has 37 heavy (non-hydrogen) atoms. The van der Waals surface area contributed by atoms with Crippen LogP contribution in [-0.4, -0.2) is 28.8 Å². The van der Waals surface area contributed by atoms with Crippen LogP contribution in [0.1, 0.15) is 28.7 Å². The van der Waals surface area contributed by atoms with Crippen molar-refractivity contribution in [2.24, 2.45) is 10.7 Å². The Kier molecular flexibility index (Phi) is 7.74. The summed E-state index contributed by atoms with van der Waals surface area (Å²) < 4.78 is 27.1. The third kappa shape index (κ3) is 6.67. The number of nitrogens with two attached hydrogens (primary N) is 1. The molecule has 1 aliphatic rings. The predicted octanol–water partition coefficient (Wildman–Crippen LogP) is 3.82. The van der Waals surface area contributed by atoms with Crippen molar-refractivity contribution in [3.63, 3.8) is 0 Å². The molecule has 0 spiro atoms. The lowest BCUT2D eigenvalue weighted by molar-refractivity contribution is -0.128. The van der Waals surface area contributed by atoms with Gasteiger partial charge in [-0.2, -0.15) is 5.26 Å². The van der Waals surface area contributed by atoms with Gasteiger partial charge in [-0.1, -0.05) is 36.4 Å². The second-order valence-electron chi connectivity index (χ2n) is 8.58. The number of carbonyl (C=O) groups is 2. The number of halogens is 2. The minimum Gasteiger partial charge on any atom is -0.369 e. The Bertz CT molecular complexity index is 1380. The molecule has 4 rings (SSSR count). The van der Waals surface area contributed by atoms with Crippen LogP contribution in [0.3, 0.4) is 0 Å². The zero-order valence-corrected chi connectivity index (χ0v) is 19.7. The molecule has 3 aromatic carbocycles. The van der Waals surface area contributed by atoms with Crippen LogP contribution in [0.15, 0.2) is 71.7 Å². The van der Waals surface area contributed by atoms with E-state index >= 15 is 0 Å². The number of nitrogens with zero attached hydrogens (tertiary/aromatic N) is 3.